The van der Waals surface area contributed by atoms with Gasteiger partial charge in [0.25, 0.3) is 6.71 Å². The minimum atomic E-state index is -0.00917. The Balaban J connectivity index is 1.08. The van der Waals surface area contributed by atoms with Crippen molar-refractivity contribution in [3.63, 3.8) is 0 Å². The van der Waals surface area contributed by atoms with Crippen LogP contribution in [0.1, 0.15) is 58.2 Å². The van der Waals surface area contributed by atoms with Gasteiger partial charge in [0.2, 0.25) is 0 Å². The molecule has 11 aromatic rings. The zero-order valence-electron chi connectivity index (χ0n) is 38.1. The third-order valence-corrected chi connectivity index (χ3v) is 16.4. The van der Waals surface area contributed by atoms with Crippen LogP contribution in [-0.2, 0) is 10.8 Å². The standard InChI is InChI=1S/C59H47BN2O2S2/c1-34-28-47-55-48(29-34)62(40-24-18-36(19-25-40)46-33-64-50-15-11-9-13-42(46)50)57-54(44-31-38(59(5,6)7)21-27-52(44)66-57)60(55)53-43-30-37(58(2,3)4)20-26-51(43)65-56(53)61(47)39-22-16-35(17-23-39)45-32-63-49-14-10-8-12-41(45)49/h8-33H,1-7H3. The number of rotatable bonds is 4. The number of fused-ring (bicyclic) bond motifs is 10. The summed E-state index contributed by atoms with van der Waals surface area (Å²) in [5, 5.41) is 7.51. The summed E-state index contributed by atoms with van der Waals surface area (Å²) in [6.45, 7) is 16.3. The van der Waals surface area contributed by atoms with Crippen LogP contribution in [0.4, 0.5) is 32.8 Å². The predicted molar refractivity (Wildman–Crippen MR) is 284 cm³/mol. The minimum absolute atomic E-state index is 0.00849. The first-order valence-electron chi connectivity index (χ1n) is 22.9. The lowest BCUT2D eigenvalue weighted by molar-refractivity contribution is 0.591. The molecule has 0 bridgehead atoms. The summed E-state index contributed by atoms with van der Waals surface area (Å²) in [5.74, 6) is 0. The maximum atomic E-state index is 6.02. The number of nitrogens with zero attached hydrogens (tertiary/aromatic N) is 2. The third-order valence-electron chi connectivity index (χ3n) is 14.0. The first-order chi connectivity index (χ1) is 31.9. The summed E-state index contributed by atoms with van der Waals surface area (Å²) in [6.07, 6.45) is 3.79. The average molecular weight is 891 g/mol. The normalized spacial score (nSPS) is 13.6. The molecule has 0 atom stereocenters. The van der Waals surface area contributed by atoms with Gasteiger partial charge in [-0.3, -0.25) is 0 Å². The molecule has 0 spiro atoms. The average Bonchev–Trinajstić information content (AvgIpc) is 4.11. The van der Waals surface area contributed by atoms with Crippen LogP contribution in [0.15, 0.2) is 167 Å². The Hall–Kier alpha value is -6.80. The second-order valence-corrected chi connectivity index (χ2v) is 22.3. The van der Waals surface area contributed by atoms with E-state index in [0.717, 1.165) is 55.6 Å². The van der Waals surface area contributed by atoms with Gasteiger partial charge in [0.05, 0.1) is 22.5 Å². The zero-order valence-corrected chi connectivity index (χ0v) is 39.7. The van der Waals surface area contributed by atoms with Crippen molar-refractivity contribution < 1.29 is 8.83 Å². The number of hydrogen-bond donors (Lipinski definition) is 0. The van der Waals surface area contributed by atoms with E-state index in [2.05, 4.69) is 180 Å². The second kappa shape index (κ2) is 14.1. The molecule has 2 aliphatic rings. The molecule has 0 unspecified atom stereocenters. The van der Waals surface area contributed by atoms with Gasteiger partial charge in [-0.25, -0.2) is 0 Å². The topological polar surface area (TPSA) is 32.8 Å². The van der Waals surface area contributed by atoms with E-state index in [1.165, 1.54) is 74.6 Å². The molecule has 7 aromatic carbocycles. The van der Waals surface area contributed by atoms with Gasteiger partial charge < -0.3 is 18.6 Å². The largest absolute Gasteiger partial charge is 0.464 e. The van der Waals surface area contributed by atoms with Crippen LogP contribution in [0.2, 0.25) is 0 Å². The van der Waals surface area contributed by atoms with Crippen LogP contribution < -0.4 is 26.2 Å². The molecule has 6 heterocycles. The van der Waals surface area contributed by atoms with E-state index in [1.54, 1.807) is 0 Å². The van der Waals surface area contributed by atoms with Crippen molar-refractivity contribution in [2.45, 2.75) is 59.3 Å². The smallest absolute Gasteiger partial charge is 0.256 e. The fourth-order valence-corrected chi connectivity index (χ4v) is 13.1. The summed E-state index contributed by atoms with van der Waals surface area (Å²) >= 11 is 3.85. The molecule has 0 N–H and O–H groups in total. The third kappa shape index (κ3) is 5.89. The molecule has 7 heteroatoms. The van der Waals surface area contributed by atoms with Gasteiger partial charge in [0.1, 0.15) is 11.2 Å². The Morgan fingerprint density at radius 2 is 0.879 bits per heavy atom. The van der Waals surface area contributed by atoms with E-state index in [0.29, 0.717) is 0 Å². The lowest BCUT2D eigenvalue weighted by atomic mass is 9.33. The number of anilines is 6. The number of benzene rings is 7. The molecule has 2 aliphatic heterocycles. The van der Waals surface area contributed by atoms with Crippen molar-refractivity contribution in [3.8, 4) is 22.3 Å². The number of thiophene rings is 2. The van der Waals surface area contributed by atoms with Crippen molar-refractivity contribution in [2.75, 3.05) is 9.80 Å². The Labute approximate surface area is 393 Å². The van der Waals surface area contributed by atoms with Crippen LogP contribution in [0.3, 0.4) is 0 Å². The van der Waals surface area contributed by atoms with Gasteiger partial charge in [-0.2, -0.15) is 0 Å². The Bertz CT molecular complexity index is 3520. The molecule has 0 radical (unpaired) electrons. The van der Waals surface area contributed by atoms with E-state index < -0.39 is 0 Å². The highest BCUT2D eigenvalue weighted by Gasteiger charge is 2.47. The summed E-state index contributed by atoms with van der Waals surface area (Å²) < 4.78 is 14.7. The molecule has 320 valence electrons. The van der Waals surface area contributed by atoms with Gasteiger partial charge in [-0.05, 0) is 133 Å². The van der Waals surface area contributed by atoms with Gasteiger partial charge in [0.15, 0.2) is 0 Å². The van der Waals surface area contributed by atoms with Crippen molar-refractivity contribution >= 4 is 121 Å². The molecule has 4 aromatic heterocycles. The second-order valence-electron chi connectivity index (χ2n) is 20.3. The van der Waals surface area contributed by atoms with Gasteiger partial charge in [0, 0.05) is 54.0 Å². The lowest BCUT2D eigenvalue weighted by Crippen LogP contribution is -2.60. The molecular weight excluding hydrogens is 844 g/mol. The predicted octanol–water partition coefficient (Wildman–Crippen LogP) is 15.9. The maximum Gasteiger partial charge on any atom is 0.256 e. The SMILES string of the molecule is Cc1cc2c3c(c1)N(c1ccc(-c4coc5ccccc45)cc1)c1sc4ccc(C(C)(C)C)cc4c1B3c1c(sc3ccc(C(C)(C)C)cc13)N2c1ccc(-c2coc3ccccc23)cc1. The molecule has 13 rings (SSSR count). The quantitative estimate of drug-likeness (QED) is 0.165. The van der Waals surface area contributed by atoms with Crippen molar-refractivity contribution in [1.29, 1.82) is 0 Å². The van der Waals surface area contributed by atoms with E-state index in [1.807, 2.05) is 59.5 Å². The van der Waals surface area contributed by atoms with E-state index >= 15 is 0 Å². The zero-order chi connectivity index (χ0) is 44.8. The minimum Gasteiger partial charge on any atom is -0.464 e. The van der Waals surface area contributed by atoms with E-state index in [4.69, 9.17) is 8.83 Å². The first kappa shape index (κ1) is 39.6. The van der Waals surface area contributed by atoms with Crippen LogP contribution in [0, 0.1) is 6.92 Å². The molecule has 0 amide bonds. The van der Waals surface area contributed by atoms with Crippen molar-refractivity contribution in [3.05, 3.63) is 175 Å². The fraction of sp³-hybridized carbons (Fsp3) is 0.153. The van der Waals surface area contributed by atoms with Gasteiger partial charge >= 0.3 is 0 Å². The highest BCUT2D eigenvalue weighted by atomic mass is 32.1. The summed E-state index contributed by atoms with van der Waals surface area (Å²) in [7, 11) is 0. The number of hydrogen-bond acceptors (Lipinski definition) is 6. The van der Waals surface area contributed by atoms with E-state index in [9.17, 15) is 0 Å². The van der Waals surface area contributed by atoms with Gasteiger partial charge in [-0.1, -0.05) is 126 Å². The maximum absolute atomic E-state index is 6.02. The number of aryl methyl sites for hydroxylation is 1. The molecule has 66 heavy (non-hydrogen) atoms. The Morgan fingerprint density at radius 1 is 0.455 bits per heavy atom. The molecule has 0 aliphatic carbocycles. The fourth-order valence-electron chi connectivity index (χ4n) is 10.6. The number of furan rings is 2. The first-order valence-corrected chi connectivity index (χ1v) is 24.5. The molecule has 0 saturated carbocycles. The molecule has 4 nitrogen and oxygen atoms in total. The highest BCUT2D eigenvalue weighted by Crippen LogP contribution is 2.51. The highest BCUT2D eigenvalue weighted by molar-refractivity contribution is 7.29. The van der Waals surface area contributed by atoms with Crippen LogP contribution >= 0.6 is 22.7 Å². The molecule has 0 fully saturated rings. The van der Waals surface area contributed by atoms with Crippen molar-refractivity contribution in [2.24, 2.45) is 0 Å². The van der Waals surface area contributed by atoms with Crippen LogP contribution in [0.5, 0.6) is 0 Å². The molecule has 0 saturated heterocycles. The Kier molecular flexibility index (Phi) is 8.45. The van der Waals surface area contributed by atoms with Crippen LogP contribution in [0.25, 0.3) is 64.4 Å². The van der Waals surface area contributed by atoms with Crippen molar-refractivity contribution in [1.82, 2.24) is 0 Å². The van der Waals surface area contributed by atoms with Crippen LogP contribution in [-0.4, -0.2) is 6.71 Å². The Morgan fingerprint density at radius 3 is 1.30 bits per heavy atom. The molecular formula is C59H47BN2O2S2. The monoisotopic (exact) mass is 890 g/mol. The van der Waals surface area contributed by atoms with E-state index in [-0.39, 0.29) is 17.5 Å². The lowest BCUT2D eigenvalue weighted by Gasteiger charge is -2.42. The summed E-state index contributed by atoms with van der Waals surface area (Å²) in [4.78, 5) is 5.14. The number of para-hydroxylation sites is 2. The summed E-state index contributed by atoms with van der Waals surface area (Å²) in [6, 6.07) is 54.2. The summed E-state index contributed by atoms with van der Waals surface area (Å²) in [5.41, 5.74) is 19.1. The van der Waals surface area contributed by atoms with Gasteiger partial charge in [-0.15, -0.1) is 22.7 Å².